The molecule has 0 aromatic heterocycles. The highest BCUT2D eigenvalue weighted by atomic mass is 35.5. The summed E-state index contributed by atoms with van der Waals surface area (Å²) in [5, 5.41) is 21.0. The third-order valence-electron chi connectivity index (χ3n) is 3.85. The smallest absolute Gasteiger partial charge is 0.144 e. The number of rotatable bonds is 5. The highest BCUT2D eigenvalue weighted by molar-refractivity contribution is 7.99. The van der Waals surface area contributed by atoms with Crippen LogP contribution >= 0.6 is 24.2 Å². The highest BCUT2D eigenvalue weighted by Gasteiger charge is 2.18. The van der Waals surface area contributed by atoms with Crippen LogP contribution in [-0.4, -0.2) is 17.3 Å². The maximum absolute atomic E-state index is 10.7. The summed E-state index contributed by atoms with van der Waals surface area (Å²) in [7, 11) is 1.59. The number of hydrogen-bond acceptors (Lipinski definition) is 5. The molecule has 0 radical (unpaired) electrons. The van der Waals surface area contributed by atoms with E-state index in [0.717, 1.165) is 9.79 Å². The lowest BCUT2D eigenvalue weighted by Gasteiger charge is -2.16. The van der Waals surface area contributed by atoms with Crippen LogP contribution in [0.2, 0.25) is 0 Å². The lowest BCUT2D eigenvalue weighted by molar-refractivity contribution is 0.215. The molecule has 1 unspecified atom stereocenters. The predicted octanol–water partition coefficient (Wildman–Crippen LogP) is 4.64. The second-order valence-corrected chi connectivity index (χ2v) is 6.69. The van der Waals surface area contributed by atoms with Crippen molar-refractivity contribution in [3.8, 4) is 11.5 Å². The molecule has 136 valence electrons. The molecule has 3 aromatic rings. The number of hydrogen-bond donors (Lipinski definition) is 3. The van der Waals surface area contributed by atoms with Gasteiger partial charge in [-0.15, -0.1) is 12.4 Å². The van der Waals surface area contributed by atoms with E-state index >= 15 is 0 Å². The van der Waals surface area contributed by atoms with Gasteiger partial charge in [0.2, 0.25) is 0 Å². The van der Waals surface area contributed by atoms with Gasteiger partial charge < -0.3 is 20.7 Å². The van der Waals surface area contributed by atoms with Crippen LogP contribution < -0.4 is 10.5 Å². The second-order valence-electron chi connectivity index (χ2n) is 5.54. The Morgan fingerprint density at radius 1 is 0.962 bits per heavy atom. The number of aliphatic hydroxyl groups is 1. The highest BCUT2D eigenvalue weighted by Crippen LogP contribution is 2.39. The largest absolute Gasteiger partial charge is 0.505 e. The average molecular weight is 390 g/mol. The topological polar surface area (TPSA) is 75.7 Å². The Kier molecular flexibility index (Phi) is 6.80. The van der Waals surface area contributed by atoms with E-state index in [2.05, 4.69) is 0 Å². The van der Waals surface area contributed by atoms with Crippen molar-refractivity contribution in [3.05, 3.63) is 77.9 Å². The number of aromatic hydroxyl groups is 1. The van der Waals surface area contributed by atoms with Crippen LogP contribution in [-0.2, 0) is 0 Å². The van der Waals surface area contributed by atoms with Crippen molar-refractivity contribution in [2.75, 3.05) is 12.8 Å². The summed E-state index contributed by atoms with van der Waals surface area (Å²) in [6.07, 6.45) is -0.982. The van der Waals surface area contributed by atoms with E-state index in [-0.39, 0.29) is 23.8 Å². The number of phenolic OH excluding ortho intramolecular Hbond substituents is 1. The molecule has 0 heterocycles. The summed E-state index contributed by atoms with van der Waals surface area (Å²) in [6.45, 7) is 0. The van der Waals surface area contributed by atoms with Gasteiger partial charge in [0.15, 0.2) is 0 Å². The van der Waals surface area contributed by atoms with Crippen LogP contribution in [0.3, 0.4) is 0 Å². The molecule has 0 saturated carbocycles. The number of halogens is 1. The molecular formula is C20H20ClNO3S. The Balaban J connectivity index is 0.00000243. The van der Waals surface area contributed by atoms with E-state index in [1.165, 1.54) is 11.8 Å². The lowest BCUT2D eigenvalue weighted by Crippen LogP contribution is -2.02. The van der Waals surface area contributed by atoms with Crippen molar-refractivity contribution in [1.82, 2.24) is 0 Å². The van der Waals surface area contributed by atoms with Crippen molar-refractivity contribution in [2.24, 2.45) is 0 Å². The predicted molar refractivity (Wildman–Crippen MR) is 107 cm³/mol. The van der Waals surface area contributed by atoms with Crippen molar-refractivity contribution in [3.63, 3.8) is 0 Å². The van der Waals surface area contributed by atoms with E-state index in [4.69, 9.17) is 10.5 Å². The Morgan fingerprint density at radius 2 is 1.62 bits per heavy atom. The molecule has 1 atom stereocenters. The van der Waals surface area contributed by atoms with Gasteiger partial charge in [-0.2, -0.15) is 0 Å². The number of benzene rings is 3. The van der Waals surface area contributed by atoms with Gasteiger partial charge in [0.25, 0.3) is 0 Å². The molecule has 0 aliphatic rings. The van der Waals surface area contributed by atoms with E-state index in [1.807, 2.05) is 30.3 Å². The fraction of sp³-hybridized carbons (Fsp3) is 0.100. The summed E-state index contributed by atoms with van der Waals surface area (Å²) in [6, 6.07) is 20.4. The van der Waals surface area contributed by atoms with Crippen LogP contribution in [0.15, 0.2) is 76.5 Å². The SMILES string of the molecule is COc1ccc(C(O)c2cc(Sc3ccccc3)cc(N)c2O)cc1.Cl. The molecule has 0 aliphatic heterocycles. The van der Waals surface area contributed by atoms with Crippen molar-refractivity contribution in [2.45, 2.75) is 15.9 Å². The Hall–Kier alpha value is -2.34. The van der Waals surface area contributed by atoms with Crippen molar-refractivity contribution < 1.29 is 14.9 Å². The maximum atomic E-state index is 10.7. The zero-order chi connectivity index (χ0) is 17.8. The molecule has 0 aliphatic carbocycles. The van der Waals surface area contributed by atoms with Crippen molar-refractivity contribution >= 4 is 29.9 Å². The van der Waals surface area contributed by atoms with E-state index in [9.17, 15) is 10.2 Å². The summed E-state index contributed by atoms with van der Waals surface area (Å²) in [5.41, 5.74) is 7.21. The molecule has 0 amide bonds. The number of nitrogen functional groups attached to an aromatic ring is 1. The molecule has 0 spiro atoms. The quantitative estimate of drug-likeness (QED) is 0.438. The summed E-state index contributed by atoms with van der Waals surface area (Å²) in [4.78, 5) is 1.90. The number of methoxy groups -OCH3 is 1. The fourth-order valence-electron chi connectivity index (χ4n) is 2.51. The number of ether oxygens (including phenoxy) is 1. The first-order chi connectivity index (χ1) is 12.1. The zero-order valence-corrected chi connectivity index (χ0v) is 15.8. The van der Waals surface area contributed by atoms with E-state index in [0.29, 0.717) is 16.9 Å². The molecule has 0 bridgehead atoms. The average Bonchev–Trinajstić information content (AvgIpc) is 2.65. The fourth-order valence-corrected chi connectivity index (χ4v) is 3.45. The Morgan fingerprint density at radius 3 is 2.23 bits per heavy atom. The van der Waals surface area contributed by atoms with Crippen LogP contribution in [0.25, 0.3) is 0 Å². The van der Waals surface area contributed by atoms with Crippen LogP contribution in [0.1, 0.15) is 17.2 Å². The number of anilines is 1. The summed E-state index contributed by atoms with van der Waals surface area (Å²) >= 11 is 1.52. The van der Waals surface area contributed by atoms with Gasteiger partial charge in [-0.25, -0.2) is 0 Å². The standard InChI is InChI=1S/C20H19NO3S.ClH/c1-24-14-9-7-13(8-10-14)19(22)17-11-16(12-18(21)20(17)23)25-15-5-3-2-4-6-15;/h2-12,19,22-23H,21H2,1H3;1H. The minimum Gasteiger partial charge on any atom is -0.505 e. The number of nitrogens with two attached hydrogens (primary N) is 1. The van der Waals surface area contributed by atoms with Crippen molar-refractivity contribution in [1.29, 1.82) is 0 Å². The molecule has 0 saturated heterocycles. The first-order valence-corrected chi connectivity index (χ1v) is 8.57. The summed E-state index contributed by atoms with van der Waals surface area (Å²) in [5.74, 6) is 0.605. The molecule has 0 fully saturated rings. The normalized spacial score (nSPS) is 11.5. The van der Waals surface area contributed by atoms with E-state index in [1.54, 1.807) is 43.5 Å². The minimum atomic E-state index is -0.982. The first-order valence-electron chi connectivity index (χ1n) is 7.76. The Labute approximate surface area is 163 Å². The molecule has 4 nitrogen and oxygen atoms in total. The molecule has 3 rings (SSSR count). The van der Waals surface area contributed by atoms with Gasteiger partial charge >= 0.3 is 0 Å². The Bertz CT molecular complexity index is 857. The van der Waals surface area contributed by atoms with E-state index < -0.39 is 6.10 Å². The third kappa shape index (κ3) is 4.43. The van der Waals surface area contributed by atoms with Crippen LogP contribution in [0, 0.1) is 0 Å². The number of phenols is 1. The number of aliphatic hydroxyl groups excluding tert-OH is 1. The zero-order valence-electron chi connectivity index (χ0n) is 14.1. The maximum Gasteiger partial charge on any atom is 0.144 e. The van der Waals surface area contributed by atoms with Crippen LogP contribution in [0.5, 0.6) is 11.5 Å². The molecule has 3 aromatic carbocycles. The monoisotopic (exact) mass is 389 g/mol. The first kappa shape index (κ1) is 20.0. The van der Waals surface area contributed by atoms with Crippen LogP contribution in [0.4, 0.5) is 5.69 Å². The second kappa shape index (κ2) is 8.85. The lowest BCUT2D eigenvalue weighted by atomic mass is 10.00. The minimum absolute atomic E-state index is 0. The van der Waals surface area contributed by atoms with Gasteiger partial charge in [-0.05, 0) is 42.0 Å². The van der Waals surface area contributed by atoms with Gasteiger partial charge in [-0.3, -0.25) is 0 Å². The molecule has 4 N–H and O–H groups in total. The molecule has 26 heavy (non-hydrogen) atoms. The van der Waals surface area contributed by atoms with Gasteiger partial charge in [-0.1, -0.05) is 42.1 Å². The van der Waals surface area contributed by atoms with Gasteiger partial charge in [0.05, 0.1) is 12.8 Å². The summed E-state index contributed by atoms with van der Waals surface area (Å²) < 4.78 is 5.13. The van der Waals surface area contributed by atoms with Gasteiger partial charge in [0.1, 0.15) is 17.6 Å². The van der Waals surface area contributed by atoms with Gasteiger partial charge in [0, 0.05) is 15.4 Å². The molecular weight excluding hydrogens is 370 g/mol. The third-order valence-corrected chi connectivity index (χ3v) is 4.83. The molecule has 6 heteroatoms.